The number of aromatic nitrogens is 6. The number of nitrogens with one attached hydrogen (secondary N) is 2. The Morgan fingerprint density at radius 2 is 1.93 bits per heavy atom. The lowest BCUT2D eigenvalue weighted by Crippen LogP contribution is -2.34. The molecule has 3 aromatic heterocycles. The number of nitrogens with two attached hydrogens (primary N) is 1. The molecule has 0 radical (unpaired) electrons. The molecule has 2 aliphatic heterocycles. The predicted octanol–water partition coefficient (Wildman–Crippen LogP) is -2.10. The lowest BCUT2D eigenvalue weighted by Gasteiger charge is -2.33. The minimum atomic E-state index is -6.14. The largest absolute Gasteiger partial charge is 0.756 e. The average Bonchev–Trinajstić information content (AvgIpc) is 3.59. The first kappa shape index (κ1) is 31.0. The third kappa shape index (κ3) is 6.85. The molecule has 0 aliphatic carbocycles. The van der Waals surface area contributed by atoms with Crippen molar-refractivity contribution >= 4 is 64.5 Å². The van der Waals surface area contributed by atoms with Crippen LogP contribution in [-0.4, -0.2) is 71.3 Å². The van der Waals surface area contributed by atoms with Crippen molar-refractivity contribution in [1.82, 2.24) is 29.3 Å². The van der Waals surface area contributed by atoms with E-state index in [0.29, 0.717) is 0 Å². The van der Waals surface area contributed by atoms with E-state index in [2.05, 4.69) is 38.5 Å². The van der Waals surface area contributed by atoms with Crippen molar-refractivity contribution in [3.05, 3.63) is 23.2 Å². The van der Waals surface area contributed by atoms with Gasteiger partial charge in [0, 0.05) is 19.3 Å². The van der Waals surface area contributed by atoms with Gasteiger partial charge in [-0.25, -0.2) is 18.6 Å². The van der Waals surface area contributed by atoms with Crippen LogP contribution in [0.5, 0.6) is 0 Å². The molecule has 8 atom stereocenters. The van der Waals surface area contributed by atoms with Gasteiger partial charge in [0.1, 0.15) is 29.5 Å². The molecule has 0 aromatic carbocycles. The number of carbonyl (C=O) groups excluding carboxylic acids is 1. The predicted molar refractivity (Wildman–Crippen MR) is 130 cm³/mol. The molecule has 2 saturated heterocycles. The van der Waals surface area contributed by atoms with Crippen LogP contribution in [0.2, 0.25) is 0 Å². The van der Waals surface area contributed by atoms with Gasteiger partial charge in [-0.05, 0) is 0 Å². The second-order valence-electron chi connectivity index (χ2n) is 8.56. The number of rotatable bonds is 10. The quantitative estimate of drug-likeness (QED) is 0.132. The van der Waals surface area contributed by atoms with Gasteiger partial charge in [-0.1, -0.05) is 12.2 Å². The number of phosphoric ester groups is 1. The Morgan fingerprint density at radius 1 is 1.21 bits per heavy atom. The summed E-state index contributed by atoms with van der Waals surface area (Å²) in [5.41, 5.74) is 6.20. The molecule has 0 spiro atoms. The highest BCUT2D eigenvalue weighted by molar-refractivity contribution is 7.71. The highest BCUT2D eigenvalue weighted by Crippen LogP contribution is 2.61. The number of imidazole rings is 1. The number of anilines is 2. The van der Waals surface area contributed by atoms with Crippen LogP contribution in [0.25, 0.3) is 11.2 Å². The average molecular weight is 671 g/mol. The fourth-order valence-electron chi connectivity index (χ4n) is 4.08. The van der Waals surface area contributed by atoms with E-state index < -0.39 is 66.8 Å². The van der Waals surface area contributed by atoms with Gasteiger partial charge in [-0.15, -0.1) is 0 Å². The number of ether oxygens (including phenoxy) is 3. The summed E-state index contributed by atoms with van der Waals surface area (Å²) < 4.78 is 66.0. The van der Waals surface area contributed by atoms with E-state index in [0.717, 1.165) is 0 Å². The summed E-state index contributed by atoms with van der Waals surface area (Å²) in [5.74, 6) is -0.674. The molecule has 42 heavy (non-hydrogen) atoms. The van der Waals surface area contributed by atoms with E-state index in [-0.39, 0.29) is 27.6 Å². The van der Waals surface area contributed by atoms with Crippen molar-refractivity contribution < 1.29 is 65.4 Å². The molecule has 7 unspecified atom stereocenters. The van der Waals surface area contributed by atoms with Gasteiger partial charge in [0.2, 0.25) is 6.29 Å². The Balaban J connectivity index is 1.38. The molecule has 0 bridgehead atoms. The number of carbonyl (C=O) groups is 1. The number of aryl methyl sites for hydroxylation is 1. The third-order valence-corrected chi connectivity index (χ3v) is 9.54. The van der Waals surface area contributed by atoms with E-state index in [4.69, 9.17) is 37.1 Å². The Morgan fingerprint density at radius 3 is 2.60 bits per heavy atom. The number of phosphoric acid groups is 3. The van der Waals surface area contributed by atoms with Crippen molar-refractivity contribution in [1.29, 1.82) is 0 Å². The normalized spacial score (nSPS) is 28.2. The molecule has 1 amide bonds. The third-order valence-electron chi connectivity index (χ3n) is 5.56. The number of hydrogen-bond acceptors (Lipinski definition) is 18. The molecule has 3 aromatic rings. The monoisotopic (exact) mass is 671 g/mol. The van der Waals surface area contributed by atoms with Gasteiger partial charge < -0.3 is 54.3 Å². The van der Waals surface area contributed by atoms with Gasteiger partial charge in [0.05, 0.1) is 12.9 Å². The summed E-state index contributed by atoms with van der Waals surface area (Å²) in [5, 5.41) is 6.50. The van der Waals surface area contributed by atoms with E-state index >= 15 is 0 Å². The zero-order chi connectivity index (χ0) is 30.6. The summed E-state index contributed by atoms with van der Waals surface area (Å²) in [7, 11) is -16.3. The number of fused-ring (bicyclic) bond motifs is 2. The Bertz CT molecular complexity index is 1720. The van der Waals surface area contributed by atoms with Gasteiger partial charge in [0.25, 0.3) is 29.4 Å². The fraction of sp³-hybridized carbons (Fsp3) is 0.438. The zero-order valence-corrected chi connectivity index (χ0v) is 24.1. The van der Waals surface area contributed by atoms with Crippen molar-refractivity contribution in [2.75, 3.05) is 17.7 Å². The topological polar surface area (TPSA) is 315 Å². The summed E-state index contributed by atoms with van der Waals surface area (Å²) in [4.78, 5) is 66.5. The van der Waals surface area contributed by atoms with Crippen molar-refractivity contribution in [2.45, 2.75) is 30.8 Å². The van der Waals surface area contributed by atoms with E-state index in [1.54, 1.807) is 13.2 Å². The van der Waals surface area contributed by atoms with Gasteiger partial charge in [-0.3, -0.25) is 27.7 Å². The standard InChI is InChI=1S/C16H21N8O14P3S/c1-23-3-2-7(22-23)19-12(25)15-35-9-6(4-33-40(29,30)38-41(31,32)37-39(26,27)28)34-14(10(9)36-15)24-5-18-8-11(24)20-16(17)21-13(8)42/h2-3,5-6,9-10,14-15H,4H2,1H3,(H,29,30)(H,31,32)(H,19,22,25)(H2,26,27,28)(H3,17,20,21,42)/p-3/t6?,9?,10?,14?,15-/m1/s1. The van der Waals surface area contributed by atoms with Crippen LogP contribution in [-0.2, 0) is 52.9 Å². The SMILES string of the molecule is Cn1ccc(NC(=O)[C@@H]2OC3C(COP(=O)([O-])OP(=O)([O-])OP(=O)([O-])O)OC(n4cnc5c(=S)nc(N)[nH]c54)C3O2)n1. The number of H-pyrrole nitrogens is 1. The Labute approximate surface area is 238 Å². The lowest BCUT2D eigenvalue weighted by molar-refractivity contribution is -0.250. The van der Waals surface area contributed by atoms with Crippen molar-refractivity contribution in [2.24, 2.45) is 7.05 Å². The minimum Gasteiger partial charge on any atom is -0.756 e. The number of nitrogen functional groups attached to an aromatic ring is 1. The Hall–Kier alpha value is -2.46. The first-order valence-corrected chi connectivity index (χ1v) is 16.0. The van der Waals surface area contributed by atoms with Crippen LogP contribution in [0.4, 0.5) is 11.8 Å². The van der Waals surface area contributed by atoms with E-state index in [1.165, 1.54) is 21.6 Å². The highest BCUT2D eigenvalue weighted by Gasteiger charge is 2.55. The first-order valence-electron chi connectivity index (χ1n) is 11.2. The summed E-state index contributed by atoms with van der Waals surface area (Å²) in [6.45, 7) is -0.989. The van der Waals surface area contributed by atoms with Gasteiger partial charge >= 0.3 is 0 Å². The molecule has 26 heteroatoms. The number of nitrogens with zero attached hydrogens (tertiary/aromatic N) is 5. The van der Waals surface area contributed by atoms with E-state index in [1.807, 2.05) is 0 Å². The molecule has 5 rings (SSSR count). The molecule has 5 N–H and O–H groups in total. The number of hydrogen-bond donors (Lipinski definition) is 4. The summed E-state index contributed by atoms with van der Waals surface area (Å²) >= 11 is 5.17. The Kier molecular flexibility index (Phi) is 8.28. The maximum atomic E-state index is 12.8. The van der Waals surface area contributed by atoms with Crippen LogP contribution < -0.4 is 25.7 Å². The number of amides is 1. The molecule has 2 aliphatic rings. The number of aromatic amines is 1. The van der Waals surface area contributed by atoms with Gasteiger partial charge in [-0.2, -0.15) is 5.10 Å². The van der Waals surface area contributed by atoms with Crippen molar-refractivity contribution in [3.63, 3.8) is 0 Å². The molecule has 22 nitrogen and oxygen atoms in total. The molecular weight excluding hydrogens is 653 g/mol. The fourth-order valence-corrected chi connectivity index (χ4v) is 7.23. The maximum absolute atomic E-state index is 12.8. The second-order valence-corrected chi connectivity index (χ2v) is 13.2. The smallest absolute Gasteiger partial charge is 0.282 e. The maximum Gasteiger partial charge on any atom is 0.282 e. The van der Waals surface area contributed by atoms with Crippen LogP contribution >= 0.6 is 35.7 Å². The minimum absolute atomic E-state index is 0.0462. The van der Waals surface area contributed by atoms with Gasteiger partial charge in [0.15, 0.2) is 22.6 Å². The molecule has 0 saturated carbocycles. The summed E-state index contributed by atoms with van der Waals surface area (Å²) in [6, 6.07) is 1.50. The summed E-state index contributed by atoms with van der Waals surface area (Å²) in [6.07, 6.45) is -3.63. The zero-order valence-electron chi connectivity index (χ0n) is 20.6. The van der Waals surface area contributed by atoms with Crippen LogP contribution in [0.1, 0.15) is 6.23 Å². The van der Waals surface area contributed by atoms with Crippen LogP contribution in [0.3, 0.4) is 0 Å². The van der Waals surface area contributed by atoms with Crippen LogP contribution in [0, 0.1) is 4.64 Å². The van der Waals surface area contributed by atoms with E-state index in [9.17, 15) is 33.2 Å². The molecule has 2 fully saturated rings. The van der Waals surface area contributed by atoms with Crippen molar-refractivity contribution in [3.8, 4) is 0 Å². The molecule has 230 valence electrons. The highest BCUT2D eigenvalue weighted by atomic mass is 32.1. The molecule has 5 heterocycles. The first-order chi connectivity index (χ1) is 19.5. The molecular formula is C16H18N8O14P3S-3. The second kappa shape index (κ2) is 11.2. The van der Waals surface area contributed by atoms with Crippen LogP contribution in [0.15, 0.2) is 18.6 Å². The lowest BCUT2D eigenvalue weighted by atomic mass is 10.1.